The number of hydrogen-bond donors (Lipinski definition) is 1. The van der Waals surface area contributed by atoms with Crippen molar-refractivity contribution in [3.63, 3.8) is 0 Å². The first-order valence-corrected chi connectivity index (χ1v) is 7.84. The maximum Gasteiger partial charge on any atom is 0.321 e. The Morgan fingerprint density at radius 3 is 2.77 bits per heavy atom. The summed E-state index contributed by atoms with van der Waals surface area (Å²) in [5.74, 6) is 1.23. The lowest BCUT2D eigenvalue weighted by molar-refractivity contribution is 0.0925. The molecule has 0 radical (unpaired) electrons. The van der Waals surface area contributed by atoms with E-state index in [1.54, 1.807) is 23.4 Å². The number of hydrogen-bond acceptors (Lipinski definition) is 3. The number of anilines is 1. The number of aromatic nitrogens is 1. The largest absolute Gasteiger partial charge is 0.493 e. The molecule has 1 aromatic carbocycles. The van der Waals surface area contributed by atoms with Crippen molar-refractivity contribution in [1.29, 1.82) is 0 Å². The molecule has 1 fully saturated rings. The van der Waals surface area contributed by atoms with Gasteiger partial charge in [0.25, 0.3) is 0 Å². The Labute approximate surface area is 137 Å². The third-order valence-corrected chi connectivity index (χ3v) is 3.99. The van der Waals surface area contributed by atoms with E-state index in [0.717, 1.165) is 10.2 Å². The maximum atomic E-state index is 12.0. The number of benzene rings is 1. The van der Waals surface area contributed by atoms with Crippen LogP contribution in [0.15, 0.2) is 53.3 Å². The Bertz CT molecular complexity index is 628. The van der Waals surface area contributed by atoms with E-state index >= 15 is 0 Å². The molecule has 0 saturated carbocycles. The van der Waals surface area contributed by atoms with Crippen LogP contribution in [0.25, 0.3) is 0 Å². The average molecular weight is 362 g/mol. The molecule has 22 heavy (non-hydrogen) atoms. The molecule has 0 unspecified atom stereocenters. The minimum Gasteiger partial charge on any atom is -0.493 e. The smallest absolute Gasteiger partial charge is 0.321 e. The molecule has 3 rings (SSSR count). The van der Waals surface area contributed by atoms with Gasteiger partial charge in [-0.2, -0.15) is 0 Å². The van der Waals surface area contributed by atoms with E-state index < -0.39 is 0 Å². The molecule has 1 N–H and O–H groups in total. The van der Waals surface area contributed by atoms with Crippen LogP contribution >= 0.6 is 15.9 Å². The van der Waals surface area contributed by atoms with Crippen LogP contribution in [0, 0.1) is 5.92 Å². The minimum absolute atomic E-state index is 0.0899. The Hall–Kier alpha value is -2.08. The van der Waals surface area contributed by atoms with Crippen LogP contribution in [0.3, 0.4) is 0 Å². The van der Waals surface area contributed by atoms with E-state index in [4.69, 9.17) is 4.74 Å². The fraction of sp³-hybridized carbons (Fsp3) is 0.250. The first kappa shape index (κ1) is 14.8. The fourth-order valence-electron chi connectivity index (χ4n) is 2.23. The monoisotopic (exact) mass is 361 g/mol. The molecule has 5 nitrogen and oxygen atoms in total. The normalized spacial score (nSPS) is 14.3. The van der Waals surface area contributed by atoms with E-state index in [0.29, 0.717) is 31.3 Å². The highest BCUT2D eigenvalue weighted by molar-refractivity contribution is 9.10. The molecule has 0 atom stereocenters. The van der Waals surface area contributed by atoms with E-state index in [1.165, 1.54) is 0 Å². The molecule has 114 valence electrons. The van der Waals surface area contributed by atoms with Gasteiger partial charge >= 0.3 is 6.03 Å². The Morgan fingerprint density at radius 2 is 2.09 bits per heavy atom. The van der Waals surface area contributed by atoms with Gasteiger partial charge in [-0.05, 0) is 36.4 Å². The zero-order chi connectivity index (χ0) is 15.4. The van der Waals surface area contributed by atoms with Crippen LogP contribution in [-0.4, -0.2) is 35.6 Å². The number of carbonyl (C=O) groups is 1. The summed E-state index contributed by atoms with van der Waals surface area (Å²) in [6.45, 7) is 2.05. The van der Waals surface area contributed by atoms with Gasteiger partial charge in [0.15, 0.2) is 0 Å². The summed E-state index contributed by atoms with van der Waals surface area (Å²) in [4.78, 5) is 17.7. The third kappa shape index (κ3) is 3.76. The fourth-order valence-corrected chi connectivity index (χ4v) is 2.49. The van der Waals surface area contributed by atoms with Crippen LogP contribution in [-0.2, 0) is 0 Å². The van der Waals surface area contributed by atoms with Crippen molar-refractivity contribution in [2.24, 2.45) is 5.92 Å². The van der Waals surface area contributed by atoms with Crippen molar-refractivity contribution in [2.75, 3.05) is 25.0 Å². The van der Waals surface area contributed by atoms with Gasteiger partial charge in [-0.1, -0.05) is 15.9 Å². The molecular formula is C16H16BrN3O2. The number of ether oxygens (including phenoxy) is 1. The number of halogens is 1. The molecule has 1 aliphatic rings. The molecule has 1 aliphatic heterocycles. The number of nitrogens with one attached hydrogen (secondary N) is 1. The number of pyridine rings is 1. The van der Waals surface area contributed by atoms with Gasteiger partial charge in [0, 0.05) is 29.7 Å². The quantitative estimate of drug-likeness (QED) is 0.907. The lowest BCUT2D eigenvalue weighted by Crippen LogP contribution is -2.53. The lowest BCUT2D eigenvalue weighted by atomic mass is 10.0. The average Bonchev–Trinajstić information content (AvgIpc) is 2.48. The molecule has 2 heterocycles. The predicted octanol–water partition coefficient (Wildman–Crippen LogP) is 3.39. The molecule has 0 spiro atoms. The minimum atomic E-state index is -0.0899. The third-order valence-electron chi connectivity index (χ3n) is 3.46. The summed E-state index contributed by atoms with van der Waals surface area (Å²) >= 11 is 3.39. The second-order valence-corrected chi connectivity index (χ2v) is 6.12. The number of rotatable bonds is 4. The molecule has 0 aliphatic carbocycles. The summed E-state index contributed by atoms with van der Waals surface area (Å²) < 4.78 is 6.75. The van der Waals surface area contributed by atoms with E-state index in [2.05, 4.69) is 26.2 Å². The first-order valence-electron chi connectivity index (χ1n) is 7.05. The van der Waals surface area contributed by atoms with Gasteiger partial charge in [0.05, 0.1) is 18.5 Å². The first-order chi connectivity index (χ1) is 10.7. The second kappa shape index (κ2) is 6.79. The lowest BCUT2D eigenvalue weighted by Gasteiger charge is -2.38. The van der Waals surface area contributed by atoms with Gasteiger partial charge in [-0.15, -0.1) is 0 Å². The predicted molar refractivity (Wildman–Crippen MR) is 88.0 cm³/mol. The molecule has 6 heteroatoms. The number of urea groups is 1. The highest BCUT2D eigenvalue weighted by atomic mass is 79.9. The Morgan fingerprint density at radius 1 is 1.32 bits per heavy atom. The maximum absolute atomic E-state index is 12.0. The standard InChI is InChI=1S/C16H16BrN3O2/c17-13-3-5-15(6-4-13)22-11-12-9-20(10-12)16(21)19-14-2-1-7-18-8-14/h1-8,12H,9-11H2,(H,19,21). The molecule has 1 aromatic heterocycles. The van der Waals surface area contributed by atoms with Crippen molar-refractivity contribution >= 4 is 27.6 Å². The summed E-state index contributed by atoms with van der Waals surface area (Å²) in [7, 11) is 0. The highest BCUT2D eigenvalue weighted by Gasteiger charge is 2.31. The van der Waals surface area contributed by atoms with Gasteiger partial charge in [0.1, 0.15) is 5.75 Å². The van der Waals surface area contributed by atoms with Crippen molar-refractivity contribution in [2.45, 2.75) is 0 Å². The van der Waals surface area contributed by atoms with E-state index in [1.807, 2.05) is 30.3 Å². The summed E-state index contributed by atoms with van der Waals surface area (Å²) in [6.07, 6.45) is 3.31. The molecule has 2 aromatic rings. The van der Waals surface area contributed by atoms with Crippen molar-refractivity contribution in [3.8, 4) is 5.75 Å². The van der Waals surface area contributed by atoms with E-state index in [9.17, 15) is 4.79 Å². The zero-order valence-corrected chi connectivity index (χ0v) is 13.5. The molecule has 0 bridgehead atoms. The number of likely N-dealkylation sites (tertiary alicyclic amines) is 1. The van der Waals surface area contributed by atoms with Crippen LogP contribution in [0.2, 0.25) is 0 Å². The molecule has 1 saturated heterocycles. The number of carbonyl (C=O) groups excluding carboxylic acids is 1. The zero-order valence-electron chi connectivity index (χ0n) is 11.9. The van der Waals surface area contributed by atoms with Crippen molar-refractivity contribution < 1.29 is 9.53 Å². The van der Waals surface area contributed by atoms with Gasteiger partial charge < -0.3 is 15.0 Å². The molecule has 2 amide bonds. The highest BCUT2D eigenvalue weighted by Crippen LogP contribution is 2.21. The number of amides is 2. The van der Waals surface area contributed by atoms with Crippen LogP contribution in [0.5, 0.6) is 5.75 Å². The SMILES string of the molecule is O=C(Nc1cccnc1)N1CC(COc2ccc(Br)cc2)C1. The second-order valence-electron chi connectivity index (χ2n) is 5.21. The summed E-state index contributed by atoms with van der Waals surface area (Å²) in [6, 6.07) is 11.3. The molecular weight excluding hydrogens is 346 g/mol. The number of nitrogens with zero attached hydrogens (tertiary/aromatic N) is 2. The summed E-state index contributed by atoms with van der Waals surface area (Å²) in [5.41, 5.74) is 0.710. The Balaban J connectivity index is 1.40. The van der Waals surface area contributed by atoms with Crippen molar-refractivity contribution in [3.05, 3.63) is 53.3 Å². The van der Waals surface area contributed by atoms with Crippen molar-refractivity contribution in [1.82, 2.24) is 9.88 Å². The van der Waals surface area contributed by atoms with Gasteiger partial charge in [-0.3, -0.25) is 4.98 Å². The van der Waals surface area contributed by atoms with Crippen LogP contribution < -0.4 is 10.1 Å². The van der Waals surface area contributed by atoms with Gasteiger partial charge in [0.2, 0.25) is 0 Å². The summed E-state index contributed by atoms with van der Waals surface area (Å²) in [5, 5.41) is 2.82. The van der Waals surface area contributed by atoms with Crippen LogP contribution in [0.4, 0.5) is 10.5 Å². The van der Waals surface area contributed by atoms with Gasteiger partial charge in [-0.25, -0.2) is 4.79 Å². The Kier molecular flexibility index (Phi) is 4.58. The topological polar surface area (TPSA) is 54.5 Å². The van der Waals surface area contributed by atoms with Crippen LogP contribution in [0.1, 0.15) is 0 Å². The van der Waals surface area contributed by atoms with E-state index in [-0.39, 0.29) is 6.03 Å².